The lowest BCUT2D eigenvalue weighted by Gasteiger charge is -2.16. The highest BCUT2D eigenvalue weighted by Gasteiger charge is 2.31. The van der Waals surface area contributed by atoms with Gasteiger partial charge < -0.3 is 5.73 Å². The molecule has 0 bridgehead atoms. The maximum atomic E-state index is 13.6. The Morgan fingerprint density at radius 2 is 2.22 bits per heavy atom. The standard InChI is InChI=1S/C14H17BrFNO/c15-11-4-5-13(16)10(6-11)7-14(18)12-3-1-2-9(12)8-17/h4-6,9,12H,1-3,7-8,17H2. The van der Waals surface area contributed by atoms with Crippen LogP contribution in [0.25, 0.3) is 0 Å². The third-order valence-electron chi connectivity index (χ3n) is 3.75. The van der Waals surface area contributed by atoms with Crippen LogP contribution in [0, 0.1) is 17.7 Å². The first-order chi connectivity index (χ1) is 8.61. The van der Waals surface area contributed by atoms with E-state index < -0.39 is 0 Å². The van der Waals surface area contributed by atoms with Crippen LogP contribution in [0.5, 0.6) is 0 Å². The molecule has 1 aliphatic rings. The number of ketones is 1. The molecular formula is C14H17BrFNO. The number of carbonyl (C=O) groups excluding carboxylic acids is 1. The second-order valence-corrected chi connectivity index (χ2v) is 5.83. The number of nitrogens with two attached hydrogens (primary N) is 1. The zero-order chi connectivity index (χ0) is 13.1. The van der Waals surface area contributed by atoms with Crippen molar-refractivity contribution in [3.63, 3.8) is 0 Å². The van der Waals surface area contributed by atoms with Gasteiger partial charge in [0.25, 0.3) is 0 Å². The highest BCUT2D eigenvalue weighted by atomic mass is 79.9. The second kappa shape index (κ2) is 5.93. The van der Waals surface area contributed by atoms with Crippen LogP contribution in [0.2, 0.25) is 0 Å². The fourth-order valence-corrected chi connectivity index (χ4v) is 3.15. The molecule has 2 N–H and O–H groups in total. The number of benzene rings is 1. The zero-order valence-corrected chi connectivity index (χ0v) is 11.7. The first-order valence-electron chi connectivity index (χ1n) is 6.28. The van der Waals surface area contributed by atoms with E-state index in [4.69, 9.17) is 5.73 Å². The van der Waals surface area contributed by atoms with Crippen molar-refractivity contribution in [2.24, 2.45) is 17.6 Å². The maximum absolute atomic E-state index is 13.6. The number of hydrogen-bond acceptors (Lipinski definition) is 2. The number of hydrogen-bond donors (Lipinski definition) is 1. The molecule has 0 radical (unpaired) electrons. The summed E-state index contributed by atoms with van der Waals surface area (Å²) in [6.45, 7) is 0.553. The Morgan fingerprint density at radius 1 is 1.44 bits per heavy atom. The number of halogens is 2. The lowest BCUT2D eigenvalue weighted by Crippen LogP contribution is -2.26. The minimum absolute atomic E-state index is 0.0216. The molecule has 1 fully saturated rings. The summed E-state index contributed by atoms with van der Waals surface area (Å²) in [5.41, 5.74) is 6.15. The van der Waals surface area contributed by atoms with Gasteiger partial charge in [-0.2, -0.15) is 0 Å². The Kier molecular flexibility index (Phi) is 4.51. The van der Waals surface area contributed by atoms with E-state index in [9.17, 15) is 9.18 Å². The number of carbonyl (C=O) groups is 1. The molecule has 1 aromatic rings. The van der Waals surface area contributed by atoms with Crippen LogP contribution in [-0.2, 0) is 11.2 Å². The minimum Gasteiger partial charge on any atom is -0.330 e. The molecule has 0 spiro atoms. The van der Waals surface area contributed by atoms with Gasteiger partial charge in [-0.3, -0.25) is 4.79 Å². The van der Waals surface area contributed by atoms with Crippen molar-refractivity contribution in [2.45, 2.75) is 25.7 Å². The van der Waals surface area contributed by atoms with Gasteiger partial charge in [0.05, 0.1) is 0 Å². The van der Waals surface area contributed by atoms with Gasteiger partial charge in [-0.1, -0.05) is 22.4 Å². The van der Waals surface area contributed by atoms with E-state index in [2.05, 4.69) is 15.9 Å². The Labute approximate surface area is 115 Å². The fourth-order valence-electron chi connectivity index (χ4n) is 2.74. The van der Waals surface area contributed by atoms with Gasteiger partial charge in [-0.25, -0.2) is 4.39 Å². The van der Waals surface area contributed by atoms with Crippen molar-refractivity contribution in [1.82, 2.24) is 0 Å². The van der Waals surface area contributed by atoms with Crippen molar-refractivity contribution in [1.29, 1.82) is 0 Å². The Bertz CT molecular complexity index is 449. The zero-order valence-electron chi connectivity index (χ0n) is 10.2. The average molecular weight is 314 g/mol. The lowest BCUT2D eigenvalue weighted by molar-refractivity contribution is -0.123. The first-order valence-corrected chi connectivity index (χ1v) is 7.08. The predicted octanol–water partition coefficient (Wildman–Crippen LogP) is 3.07. The SMILES string of the molecule is NCC1CCCC1C(=O)Cc1cc(Br)ccc1F. The highest BCUT2D eigenvalue weighted by Crippen LogP contribution is 2.32. The largest absolute Gasteiger partial charge is 0.330 e. The molecule has 2 unspecified atom stereocenters. The monoisotopic (exact) mass is 313 g/mol. The molecule has 0 aliphatic heterocycles. The van der Waals surface area contributed by atoms with Gasteiger partial charge in [0.15, 0.2) is 0 Å². The predicted molar refractivity (Wildman–Crippen MR) is 72.7 cm³/mol. The van der Waals surface area contributed by atoms with Crippen molar-refractivity contribution in [2.75, 3.05) is 6.54 Å². The van der Waals surface area contributed by atoms with Gasteiger partial charge >= 0.3 is 0 Å². The molecule has 0 heterocycles. The highest BCUT2D eigenvalue weighted by molar-refractivity contribution is 9.10. The van der Waals surface area contributed by atoms with Crippen molar-refractivity contribution >= 4 is 21.7 Å². The Morgan fingerprint density at radius 3 is 2.94 bits per heavy atom. The van der Waals surface area contributed by atoms with Crippen LogP contribution < -0.4 is 5.73 Å². The van der Waals surface area contributed by atoms with Crippen molar-refractivity contribution in [3.05, 3.63) is 34.1 Å². The van der Waals surface area contributed by atoms with Crippen molar-refractivity contribution < 1.29 is 9.18 Å². The van der Waals surface area contributed by atoms with E-state index >= 15 is 0 Å². The maximum Gasteiger partial charge on any atom is 0.140 e. The average Bonchev–Trinajstić information content (AvgIpc) is 2.82. The van der Waals surface area contributed by atoms with E-state index in [1.165, 1.54) is 6.07 Å². The van der Waals surface area contributed by atoms with E-state index in [1.807, 2.05) is 0 Å². The van der Waals surface area contributed by atoms with Gasteiger partial charge in [0.1, 0.15) is 11.6 Å². The first kappa shape index (κ1) is 13.7. The summed E-state index contributed by atoms with van der Waals surface area (Å²) in [5, 5.41) is 0. The Hall–Kier alpha value is -0.740. The summed E-state index contributed by atoms with van der Waals surface area (Å²) in [4.78, 5) is 12.2. The van der Waals surface area contributed by atoms with Crippen LogP contribution in [-0.4, -0.2) is 12.3 Å². The molecule has 0 amide bonds. The van der Waals surface area contributed by atoms with Gasteiger partial charge in [-0.05, 0) is 49.1 Å². The minimum atomic E-state index is -0.311. The molecule has 18 heavy (non-hydrogen) atoms. The molecule has 2 rings (SSSR count). The third kappa shape index (κ3) is 2.98. The van der Waals surface area contributed by atoms with E-state index in [1.54, 1.807) is 12.1 Å². The van der Waals surface area contributed by atoms with Gasteiger partial charge in [-0.15, -0.1) is 0 Å². The Balaban J connectivity index is 2.09. The van der Waals surface area contributed by atoms with Crippen LogP contribution in [0.1, 0.15) is 24.8 Å². The van der Waals surface area contributed by atoms with Crippen LogP contribution in [0.3, 0.4) is 0 Å². The number of Topliss-reactive ketones (excluding diaryl/α,β-unsaturated/α-hetero) is 1. The molecular weight excluding hydrogens is 297 g/mol. The molecule has 2 nitrogen and oxygen atoms in total. The molecule has 2 atom stereocenters. The molecule has 0 aromatic heterocycles. The van der Waals surface area contributed by atoms with Crippen LogP contribution >= 0.6 is 15.9 Å². The summed E-state index contributed by atoms with van der Waals surface area (Å²) in [6, 6.07) is 4.71. The smallest absolute Gasteiger partial charge is 0.140 e. The topological polar surface area (TPSA) is 43.1 Å². The molecule has 1 saturated carbocycles. The van der Waals surface area contributed by atoms with E-state index in [-0.39, 0.29) is 29.9 Å². The van der Waals surface area contributed by atoms with Gasteiger partial charge in [0, 0.05) is 16.8 Å². The van der Waals surface area contributed by atoms with Crippen molar-refractivity contribution in [3.8, 4) is 0 Å². The quantitative estimate of drug-likeness (QED) is 0.928. The summed E-state index contributed by atoms with van der Waals surface area (Å²) in [7, 11) is 0. The normalized spacial score (nSPS) is 23.3. The fraction of sp³-hybridized carbons (Fsp3) is 0.500. The van der Waals surface area contributed by atoms with Crippen LogP contribution in [0.4, 0.5) is 4.39 Å². The van der Waals surface area contributed by atoms with E-state index in [0.29, 0.717) is 12.1 Å². The van der Waals surface area contributed by atoms with E-state index in [0.717, 1.165) is 23.7 Å². The molecule has 1 aromatic carbocycles. The summed E-state index contributed by atoms with van der Waals surface area (Å²) in [6.07, 6.45) is 3.15. The lowest BCUT2D eigenvalue weighted by atomic mass is 9.89. The summed E-state index contributed by atoms with van der Waals surface area (Å²) < 4.78 is 14.4. The second-order valence-electron chi connectivity index (χ2n) is 4.91. The molecule has 98 valence electrons. The molecule has 0 saturated heterocycles. The molecule has 4 heteroatoms. The van der Waals surface area contributed by atoms with Crippen LogP contribution in [0.15, 0.2) is 22.7 Å². The summed E-state index contributed by atoms with van der Waals surface area (Å²) in [5.74, 6) is 0.120. The molecule has 1 aliphatic carbocycles. The third-order valence-corrected chi connectivity index (χ3v) is 4.24. The number of rotatable bonds is 4. The van der Waals surface area contributed by atoms with Gasteiger partial charge in [0.2, 0.25) is 0 Å². The summed E-state index contributed by atoms with van der Waals surface area (Å²) >= 11 is 3.30.